The molecule has 2 aromatic carbocycles. The fourth-order valence-corrected chi connectivity index (χ4v) is 5.27. The van der Waals surface area contributed by atoms with E-state index in [1.54, 1.807) is 5.56 Å². The van der Waals surface area contributed by atoms with E-state index >= 15 is 0 Å². The predicted molar refractivity (Wildman–Crippen MR) is 118 cm³/mol. The van der Waals surface area contributed by atoms with E-state index in [9.17, 15) is 0 Å². The van der Waals surface area contributed by atoms with Gasteiger partial charge in [0.05, 0.1) is 0 Å². The molecule has 2 aliphatic heterocycles. The number of aromatic nitrogens is 3. The van der Waals surface area contributed by atoms with E-state index in [1.807, 2.05) is 0 Å². The lowest BCUT2D eigenvalue weighted by atomic mass is 9.86. The number of piperidine rings is 1. The average molecular weight is 389 g/mol. The molecule has 0 spiro atoms. The van der Waals surface area contributed by atoms with Crippen LogP contribution in [-0.4, -0.2) is 39.3 Å². The van der Waals surface area contributed by atoms with Gasteiger partial charge in [-0.1, -0.05) is 48.9 Å². The Bertz CT molecular complexity index is 947. The Labute approximate surface area is 173 Å². The van der Waals surface area contributed by atoms with Crippen LogP contribution < -0.4 is 0 Å². The molecule has 4 heteroatoms. The summed E-state index contributed by atoms with van der Waals surface area (Å²) < 4.78 is 2.40. The Balaban J connectivity index is 1.14. The second-order valence-corrected chi connectivity index (χ2v) is 8.78. The SMILES string of the molecule is c1ccc2c(C3CCN(CCCc4nnc5n4CCCCC5)CC3)cccc2c1. The highest BCUT2D eigenvalue weighted by molar-refractivity contribution is 5.86. The lowest BCUT2D eigenvalue weighted by Gasteiger charge is -2.32. The van der Waals surface area contributed by atoms with Gasteiger partial charge in [-0.3, -0.25) is 0 Å². The first-order valence-corrected chi connectivity index (χ1v) is 11.5. The maximum atomic E-state index is 4.50. The second-order valence-electron chi connectivity index (χ2n) is 8.78. The van der Waals surface area contributed by atoms with Gasteiger partial charge in [-0.15, -0.1) is 10.2 Å². The first-order valence-electron chi connectivity index (χ1n) is 11.5. The van der Waals surface area contributed by atoms with Crippen molar-refractivity contribution in [2.75, 3.05) is 19.6 Å². The van der Waals surface area contributed by atoms with Gasteiger partial charge in [-0.2, -0.15) is 0 Å². The highest BCUT2D eigenvalue weighted by Gasteiger charge is 2.22. The van der Waals surface area contributed by atoms with Crippen LogP contribution in [0.3, 0.4) is 0 Å². The molecule has 0 atom stereocenters. The Morgan fingerprint density at radius 1 is 0.862 bits per heavy atom. The standard InChI is InChI=1S/C25H32N4/c1-2-12-24-26-27-25(29(24)17-5-1)13-7-16-28-18-14-21(15-19-28)23-11-6-9-20-8-3-4-10-22(20)23/h3-4,6,8-11,21H,1-2,5,7,12-19H2. The molecule has 4 nitrogen and oxygen atoms in total. The van der Waals surface area contributed by atoms with Crippen molar-refractivity contribution in [3.63, 3.8) is 0 Å². The molecule has 0 bridgehead atoms. The number of hydrogen-bond donors (Lipinski definition) is 0. The molecule has 152 valence electrons. The Morgan fingerprint density at radius 2 is 1.72 bits per heavy atom. The lowest BCUT2D eigenvalue weighted by molar-refractivity contribution is 0.210. The lowest BCUT2D eigenvalue weighted by Crippen LogP contribution is -2.34. The molecule has 3 heterocycles. The molecular formula is C25H32N4. The summed E-state index contributed by atoms with van der Waals surface area (Å²) in [5.74, 6) is 3.13. The molecule has 0 saturated carbocycles. The van der Waals surface area contributed by atoms with Crippen molar-refractivity contribution in [3.05, 3.63) is 59.7 Å². The summed E-state index contributed by atoms with van der Waals surface area (Å²) in [6.07, 6.45) is 9.78. The number of aryl methyl sites for hydroxylation is 2. The van der Waals surface area contributed by atoms with Crippen molar-refractivity contribution >= 4 is 10.8 Å². The molecule has 1 aromatic heterocycles. The monoisotopic (exact) mass is 388 g/mol. The number of fused-ring (bicyclic) bond motifs is 2. The summed E-state index contributed by atoms with van der Waals surface area (Å²) >= 11 is 0. The minimum atomic E-state index is 0.699. The first-order chi connectivity index (χ1) is 14.4. The van der Waals surface area contributed by atoms with Crippen molar-refractivity contribution in [3.8, 4) is 0 Å². The van der Waals surface area contributed by atoms with Gasteiger partial charge in [-0.25, -0.2) is 0 Å². The van der Waals surface area contributed by atoms with Gasteiger partial charge in [0.1, 0.15) is 11.6 Å². The van der Waals surface area contributed by atoms with Gasteiger partial charge in [0.15, 0.2) is 0 Å². The van der Waals surface area contributed by atoms with Gasteiger partial charge in [0, 0.05) is 19.4 Å². The second kappa shape index (κ2) is 8.66. The Hall–Kier alpha value is -2.20. The summed E-state index contributed by atoms with van der Waals surface area (Å²) in [4.78, 5) is 2.65. The van der Waals surface area contributed by atoms with Crippen LogP contribution in [0, 0.1) is 0 Å². The maximum absolute atomic E-state index is 4.50. The van der Waals surface area contributed by atoms with Crippen molar-refractivity contribution in [2.45, 2.75) is 63.8 Å². The number of nitrogens with zero attached hydrogens (tertiary/aromatic N) is 4. The third-order valence-corrected chi connectivity index (χ3v) is 6.91. The molecule has 3 aromatic rings. The van der Waals surface area contributed by atoms with E-state index in [2.05, 4.69) is 62.1 Å². The normalized spacial score (nSPS) is 18.6. The predicted octanol–water partition coefficient (Wildman–Crippen LogP) is 4.97. The first kappa shape index (κ1) is 18.8. The van der Waals surface area contributed by atoms with Crippen molar-refractivity contribution < 1.29 is 0 Å². The van der Waals surface area contributed by atoms with Crippen LogP contribution in [0.15, 0.2) is 42.5 Å². The van der Waals surface area contributed by atoms with Crippen molar-refractivity contribution in [1.29, 1.82) is 0 Å². The van der Waals surface area contributed by atoms with E-state index in [0.717, 1.165) is 19.4 Å². The smallest absolute Gasteiger partial charge is 0.133 e. The molecule has 0 aliphatic carbocycles. The molecule has 0 N–H and O–H groups in total. The number of likely N-dealkylation sites (tertiary alicyclic amines) is 1. The maximum Gasteiger partial charge on any atom is 0.133 e. The molecule has 1 fully saturated rings. The zero-order valence-corrected chi connectivity index (χ0v) is 17.4. The van der Waals surface area contributed by atoms with Gasteiger partial charge in [0.25, 0.3) is 0 Å². The summed E-state index contributed by atoms with van der Waals surface area (Å²) in [5.41, 5.74) is 1.55. The van der Waals surface area contributed by atoms with Crippen LogP contribution >= 0.6 is 0 Å². The molecule has 2 aliphatic rings. The minimum Gasteiger partial charge on any atom is -0.315 e. The van der Waals surface area contributed by atoms with Gasteiger partial charge >= 0.3 is 0 Å². The summed E-state index contributed by atoms with van der Waals surface area (Å²) in [6.45, 7) is 4.73. The molecular weight excluding hydrogens is 356 g/mol. The average Bonchev–Trinajstić information content (AvgIpc) is 3.00. The molecule has 1 saturated heterocycles. The quantitative estimate of drug-likeness (QED) is 0.619. The fourth-order valence-electron chi connectivity index (χ4n) is 5.27. The minimum absolute atomic E-state index is 0.699. The van der Waals surface area contributed by atoms with E-state index < -0.39 is 0 Å². The largest absolute Gasteiger partial charge is 0.315 e. The topological polar surface area (TPSA) is 34.0 Å². The number of hydrogen-bond acceptors (Lipinski definition) is 3. The zero-order chi connectivity index (χ0) is 19.5. The molecule has 0 unspecified atom stereocenters. The van der Waals surface area contributed by atoms with Crippen LogP contribution in [0.25, 0.3) is 10.8 Å². The van der Waals surface area contributed by atoms with Crippen LogP contribution in [0.1, 0.15) is 61.7 Å². The van der Waals surface area contributed by atoms with Crippen LogP contribution in [0.4, 0.5) is 0 Å². The third-order valence-electron chi connectivity index (χ3n) is 6.91. The third kappa shape index (κ3) is 4.09. The summed E-state index contributed by atoms with van der Waals surface area (Å²) in [6, 6.07) is 15.6. The number of benzene rings is 2. The molecule has 0 amide bonds. The summed E-state index contributed by atoms with van der Waals surface area (Å²) in [5, 5.41) is 11.8. The zero-order valence-electron chi connectivity index (χ0n) is 17.4. The Kier molecular flexibility index (Phi) is 5.62. The van der Waals surface area contributed by atoms with E-state index in [0.29, 0.717) is 5.92 Å². The Morgan fingerprint density at radius 3 is 2.66 bits per heavy atom. The van der Waals surface area contributed by atoms with Crippen LogP contribution in [-0.2, 0) is 19.4 Å². The van der Waals surface area contributed by atoms with Gasteiger partial charge < -0.3 is 9.47 Å². The molecule has 5 rings (SSSR count). The molecule has 0 radical (unpaired) electrons. The van der Waals surface area contributed by atoms with E-state index in [4.69, 9.17) is 0 Å². The highest BCUT2D eigenvalue weighted by Crippen LogP contribution is 2.33. The highest BCUT2D eigenvalue weighted by atomic mass is 15.3. The van der Waals surface area contributed by atoms with Crippen molar-refractivity contribution in [1.82, 2.24) is 19.7 Å². The van der Waals surface area contributed by atoms with E-state index in [1.165, 1.54) is 80.6 Å². The molecule has 29 heavy (non-hydrogen) atoms. The van der Waals surface area contributed by atoms with Crippen molar-refractivity contribution in [2.24, 2.45) is 0 Å². The number of rotatable bonds is 5. The van der Waals surface area contributed by atoms with E-state index in [-0.39, 0.29) is 0 Å². The fraction of sp³-hybridized carbons (Fsp3) is 0.520. The van der Waals surface area contributed by atoms with Crippen LogP contribution in [0.2, 0.25) is 0 Å². The summed E-state index contributed by atoms with van der Waals surface area (Å²) in [7, 11) is 0. The van der Waals surface area contributed by atoms with Crippen LogP contribution in [0.5, 0.6) is 0 Å². The van der Waals surface area contributed by atoms with Gasteiger partial charge in [-0.05, 0) is 74.0 Å². The van der Waals surface area contributed by atoms with Gasteiger partial charge in [0.2, 0.25) is 0 Å².